The Hall–Kier alpha value is -0.310. The van der Waals surface area contributed by atoms with Crippen molar-refractivity contribution in [1.82, 2.24) is 0 Å². The molecule has 0 radical (unpaired) electrons. The van der Waals surface area contributed by atoms with E-state index in [2.05, 4.69) is 36.6 Å². The van der Waals surface area contributed by atoms with Crippen LogP contribution in [0, 0.1) is 0 Å². The van der Waals surface area contributed by atoms with Crippen LogP contribution < -0.4 is 0 Å². The molecule has 9 heavy (non-hydrogen) atoms. The Bertz CT molecular complexity index is 171. The molecule has 0 fully saturated rings. The predicted molar refractivity (Wildman–Crippen MR) is 45.7 cm³/mol. The Morgan fingerprint density at radius 1 is 1.00 bits per heavy atom. The van der Waals surface area contributed by atoms with E-state index in [1.54, 1.807) is 0 Å². The highest BCUT2D eigenvalue weighted by molar-refractivity contribution is 8.55. The van der Waals surface area contributed by atoms with Gasteiger partial charge in [-0.3, -0.25) is 0 Å². The normalized spacial score (nSPS) is 27.1. The van der Waals surface area contributed by atoms with Gasteiger partial charge in [-0.15, -0.1) is 10.2 Å². The highest BCUT2D eigenvalue weighted by atomic mass is 32.3. The molecule has 0 atom stereocenters. The van der Waals surface area contributed by atoms with Crippen molar-refractivity contribution in [2.45, 2.75) is 13.8 Å². The van der Waals surface area contributed by atoms with E-state index in [-0.39, 0.29) is 0 Å². The van der Waals surface area contributed by atoms with Gasteiger partial charge in [0.05, 0.1) is 10.1 Å². The summed E-state index contributed by atoms with van der Waals surface area (Å²) in [5, 5.41) is 10.4. The first-order chi connectivity index (χ1) is 4.05. The van der Waals surface area contributed by atoms with Crippen LogP contribution in [0.5, 0.6) is 0 Å². The van der Waals surface area contributed by atoms with Gasteiger partial charge in [-0.25, -0.2) is 0 Å². The van der Waals surface area contributed by atoms with Gasteiger partial charge in [-0.2, -0.15) is 10.0 Å². The third kappa shape index (κ3) is 0.894. The zero-order valence-electron chi connectivity index (χ0n) is 6.30. The smallest absolute Gasteiger partial charge is 0.0804 e. The molecule has 0 unspecified atom stereocenters. The third-order valence-corrected chi connectivity index (χ3v) is 4.93. The Labute approximate surface area is 57.4 Å². The number of hydrogen-bond acceptors (Lipinski definition) is 2. The maximum atomic E-state index is 4.01. The summed E-state index contributed by atoms with van der Waals surface area (Å²) in [6.45, 7) is 4.10. The van der Waals surface area contributed by atoms with Gasteiger partial charge in [0.25, 0.3) is 0 Å². The Kier molecular flexibility index (Phi) is 1.39. The van der Waals surface area contributed by atoms with Gasteiger partial charge in [0.1, 0.15) is 0 Å². The van der Waals surface area contributed by atoms with E-state index in [1.807, 2.05) is 0 Å². The van der Waals surface area contributed by atoms with Gasteiger partial charge in [0, 0.05) is 0 Å². The van der Waals surface area contributed by atoms with Gasteiger partial charge in [-0.1, -0.05) is 0 Å². The number of hydrogen-bond donors (Lipinski definition) is 0. The van der Waals surface area contributed by atoms with Crippen LogP contribution in [-0.2, 0) is 0 Å². The second-order valence-corrected chi connectivity index (χ2v) is 6.40. The fourth-order valence-electron chi connectivity index (χ4n) is 0.559. The average molecular weight is 144 g/mol. The van der Waals surface area contributed by atoms with Crippen molar-refractivity contribution >= 4 is 20.1 Å². The van der Waals surface area contributed by atoms with Gasteiger partial charge < -0.3 is 0 Å². The lowest BCUT2D eigenvalue weighted by molar-refractivity contribution is 1.26. The molecule has 0 aromatic heterocycles. The zero-order chi connectivity index (χ0) is 7.07. The molecule has 3 heteroatoms. The summed E-state index contributed by atoms with van der Waals surface area (Å²) >= 11 is 0. The highest BCUT2D eigenvalue weighted by Crippen LogP contribution is 2.46. The molecule has 0 amide bonds. The van der Waals surface area contributed by atoms with Crippen molar-refractivity contribution in [3.8, 4) is 0 Å². The first kappa shape index (κ1) is 6.81. The van der Waals surface area contributed by atoms with Crippen molar-refractivity contribution < 1.29 is 0 Å². The van der Waals surface area contributed by atoms with Crippen LogP contribution in [0.4, 0.5) is 0 Å². The first-order valence-corrected chi connectivity index (χ1v) is 5.32. The van der Waals surface area contributed by atoms with Crippen LogP contribution in [0.1, 0.15) is 13.8 Å². The van der Waals surface area contributed by atoms with Gasteiger partial charge in [0.15, 0.2) is 0 Å². The second kappa shape index (κ2) is 1.84. The summed E-state index contributed by atoms with van der Waals surface area (Å²) in [5.74, 6) is 0. The van der Waals surface area contributed by atoms with Crippen LogP contribution in [0.2, 0.25) is 0 Å². The lowest BCUT2D eigenvalue weighted by Crippen LogP contribution is -2.08. The summed E-state index contributed by atoms with van der Waals surface area (Å²) in [7, 11) is -0.704. The van der Waals surface area contributed by atoms with Crippen molar-refractivity contribution in [3.05, 3.63) is 0 Å². The standard InChI is InChI=1S/C6H12N2S/c1-5-7-8-6(2)9(5,3)4/h1-4H3. The molecule has 2 nitrogen and oxygen atoms in total. The van der Waals surface area contributed by atoms with E-state index >= 15 is 0 Å². The fourth-order valence-corrected chi connectivity index (χ4v) is 1.48. The molecule has 0 aromatic rings. The maximum absolute atomic E-state index is 4.01. The van der Waals surface area contributed by atoms with Crippen molar-refractivity contribution in [3.63, 3.8) is 0 Å². The summed E-state index contributed by atoms with van der Waals surface area (Å²) in [4.78, 5) is 0. The van der Waals surface area contributed by atoms with Crippen LogP contribution in [0.25, 0.3) is 0 Å². The molecule has 0 saturated carbocycles. The van der Waals surface area contributed by atoms with E-state index in [1.165, 1.54) is 10.1 Å². The minimum Gasteiger partial charge on any atom is -0.165 e. The molecule has 1 heterocycles. The van der Waals surface area contributed by atoms with E-state index < -0.39 is 10.0 Å². The SMILES string of the molecule is CC1=NN=C(C)S1(C)C. The topological polar surface area (TPSA) is 24.7 Å². The summed E-state index contributed by atoms with van der Waals surface area (Å²) in [5.41, 5.74) is 0. The van der Waals surface area contributed by atoms with E-state index in [0.717, 1.165) is 0 Å². The van der Waals surface area contributed by atoms with Crippen LogP contribution in [0.3, 0.4) is 0 Å². The number of nitrogens with zero attached hydrogens (tertiary/aromatic N) is 2. The molecular weight excluding hydrogens is 132 g/mol. The molecule has 0 N–H and O–H groups in total. The largest absolute Gasteiger partial charge is 0.165 e. The van der Waals surface area contributed by atoms with Crippen molar-refractivity contribution in [2.75, 3.05) is 12.5 Å². The summed E-state index contributed by atoms with van der Waals surface area (Å²) in [6.07, 6.45) is 4.44. The Morgan fingerprint density at radius 3 is 1.44 bits per heavy atom. The highest BCUT2D eigenvalue weighted by Gasteiger charge is 2.23. The van der Waals surface area contributed by atoms with Crippen molar-refractivity contribution in [2.24, 2.45) is 10.2 Å². The maximum Gasteiger partial charge on any atom is 0.0804 e. The molecule has 0 spiro atoms. The van der Waals surface area contributed by atoms with E-state index in [9.17, 15) is 0 Å². The third-order valence-electron chi connectivity index (χ3n) is 1.81. The van der Waals surface area contributed by atoms with Crippen LogP contribution in [0.15, 0.2) is 10.2 Å². The molecule has 0 aromatic carbocycles. The lowest BCUT2D eigenvalue weighted by Gasteiger charge is -2.24. The summed E-state index contributed by atoms with van der Waals surface area (Å²) in [6, 6.07) is 0. The molecule has 1 rings (SSSR count). The zero-order valence-corrected chi connectivity index (χ0v) is 7.12. The predicted octanol–water partition coefficient (Wildman–Crippen LogP) is 1.82. The Balaban J connectivity index is 2.96. The van der Waals surface area contributed by atoms with Gasteiger partial charge in [-0.05, 0) is 26.4 Å². The Morgan fingerprint density at radius 2 is 1.33 bits per heavy atom. The van der Waals surface area contributed by atoms with Crippen LogP contribution >= 0.6 is 10.0 Å². The van der Waals surface area contributed by atoms with Gasteiger partial charge in [0.2, 0.25) is 0 Å². The molecule has 0 saturated heterocycles. The number of rotatable bonds is 0. The lowest BCUT2D eigenvalue weighted by atomic mass is 10.9. The van der Waals surface area contributed by atoms with Crippen LogP contribution in [-0.4, -0.2) is 22.6 Å². The van der Waals surface area contributed by atoms with E-state index in [0.29, 0.717) is 0 Å². The second-order valence-electron chi connectivity index (χ2n) is 2.56. The molecule has 0 bridgehead atoms. The molecular formula is C6H12N2S. The fraction of sp³-hybridized carbons (Fsp3) is 0.667. The molecule has 52 valence electrons. The average Bonchev–Trinajstić information content (AvgIpc) is 1.96. The monoisotopic (exact) mass is 144 g/mol. The van der Waals surface area contributed by atoms with E-state index in [4.69, 9.17) is 0 Å². The molecule has 1 aliphatic rings. The minimum absolute atomic E-state index is 0.704. The van der Waals surface area contributed by atoms with Crippen molar-refractivity contribution in [1.29, 1.82) is 0 Å². The summed E-state index contributed by atoms with van der Waals surface area (Å²) < 4.78 is 0. The first-order valence-electron chi connectivity index (χ1n) is 2.87. The molecule has 0 aliphatic carbocycles. The quantitative estimate of drug-likeness (QED) is 0.495. The van der Waals surface area contributed by atoms with Gasteiger partial charge >= 0.3 is 0 Å². The molecule has 1 aliphatic heterocycles. The minimum atomic E-state index is -0.704.